The number of hydrogen-bond donors (Lipinski definition) is 1. The van der Waals surface area contributed by atoms with Crippen molar-refractivity contribution in [2.75, 3.05) is 11.9 Å². The van der Waals surface area contributed by atoms with E-state index < -0.39 is 4.75 Å². The van der Waals surface area contributed by atoms with Gasteiger partial charge < -0.3 is 10.1 Å². The average molecular weight is 325 g/mol. The lowest BCUT2D eigenvalue weighted by atomic mass is 9.87. The first-order valence-corrected chi connectivity index (χ1v) is 8.07. The van der Waals surface area contributed by atoms with Crippen LogP contribution >= 0.6 is 23.4 Å². The Morgan fingerprint density at radius 2 is 2.14 bits per heavy atom. The molecule has 0 aliphatic carbocycles. The summed E-state index contributed by atoms with van der Waals surface area (Å²) < 4.78 is 5.22. The number of amidine groups is 1. The van der Waals surface area contributed by atoms with Gasteiger partial charge in [-0.3, -0.25) is 4.79 Å². The van der Waals surface area contributed by atoms with Gasteiger partial charge >= 0.3 is 0 Å². The summed E-state index contributed by atoms with van der Waals surface area (Å²) in [5, 5.41) is 4.39. The molecule has 1 fully saturated rings. The summed E-state index contributed by atoms with van der Waals surface area (Å²) in [4.78, 5) is 16.6. The van der Waals surface area contributed by atoms with E-state index in [9.17, 15) is 4.79 Å². The minimum Gasteiger partial charge on any atom is -0.375 e. The molecule has 4 nitrogen and oxygen atoms in total. The molecule has 1 unspecified atom stereocenters. The molecule has 21 heavy (non-hydrogen) atoms. The zero-order valence-electron chi connectivity index (χ0n) is 12.0. The molecule has 0 bridgehead atoms. The van der Waals surface area contributed by atoms with Crippen LogP contribution in [0.4, 0.5) is 5.69 Å². The van der Waals surface area contributed by atoms with Crippen LogP contribution in [0.2, 0.25) is 5.02 Å². The number of amides is 1. The van der Waals surface area contributed by atoms with Gasteiger partial charge in [0.1, 0.15) is 4.75 Å². The fourth-order valence-corrected chi connectivity index (χ4v) is 4.35. The van der Waals surface area contributed by atoms with E-state index in [0.29, 0.717) is 29.6 Å². The summed E-state index contributed by atoms with van der Waals surface area (Å²) in [6.07, 6.45) is 1.36. The number of thioether (sulfide) groups is 1. The number of nitrogens with zero attached hydrogens (tertiary/aromatic N) is 1. The van der Waals surface area contributed by atoms with E-state index >= 15 is 0 Å². The Kier molecular flexibility index (Phi) is 3.76. The maximum absolute atomic E-state index is 12.4. The molecule has 2 aliphatic rings. The van der Waals surface area contributed by atoms with Gasteiger partial charge in [-0.2, -0.15) is 4.99 Å². The predicted molar refractivity (Wildman–Crippen MR) is 87.1 cm³/mol. The Bertz CT molecular complexity index is 617. The van der Waals surface area contributed by atoms with Gasteiger partial charge in [-0.15, -0.1) is 0 Å². The highest BCUT2D eigenvalue weighted by Gasteiger charge is 2.51. The van der Waals surface area contributed by atoms with Crippen LogP contribution in [0.5, 0.6) is 0 Å². The minimum atomic E-state index is -0.495. The van der Waals surface area contributed by atoms with Crippen LogP contribution in [0.15, 0.2) is 29.3 Å². The number of carbonyl (C=O) groups is 1. The predicted octanol–water partition coefficient (Wildman–Crippen LogP) is 3.71. The molecule has 1 aromatic rings. The molecule has 0 aromatic heterocycles. The lowest BCUT2D eigenvalue weighted by Gasteiger charge is -2.40. The minimum absolute atomic E-state index is 0.0709. The average Bonchev–Trinajstić information content (AvgIpc) is 2.67. The van der Waals surface area contributed by atoms with E-state index in [1.165, 1.54) is 11.8 Å². The molecule has 1 spiro atoms. The fourth-order valence-electron chi connectivity index (χ4n) is 2.77. The van der Waals surface area contributed by atoms with Crippen LogP contribution < -0.4 is 5.32 Å². The van der Waals surface area contributed by atoms with E-state index in [1.54, 1.807) is 6.07 Å². The number of hydrogen-bond acceptors (Lipinski definition) is 4. The van der Waals surface area contributed by atoms with Crippen LogP contribution in [-0.4, -0.2) is 28.0 Å². The Morgan fingerprint density at radius 3 is 2.86 bits per heavy atom. The van der Waals surface area contributed by atoms with Gasteiger partial charge in [0.05, 0.1) is 16.3 Å². The number of benzene rings is 1. The van der Waals surface area contributed by atoms with Crippen LogP contribution in [0.1, 0.15) is 26.7 Å². The van der Waals surface area contributed by atoms with Gasteiger partial charge in [-0.1, -0.05) is 35.5 Å². The Morgan fingerprint density at radius 1 is 1.38 bits per heavy atom. The largest absolute Gasteiger partial charge is 0.375 e. The van der Waals surface area contributed by atoms with Crippen LogP contribution in [-0.2, 0) is 9.53 Å². The molecular weight excluding hydrogens is 308 g/mol. The van der Waals surface area contributed by atoms with Gasteiger partial charge in [0.15, 0.2) is 5.17 Å². The van der Waals surface area contributed by atoms with Gasteiger partial charge in [0.2, 0.25) is 0 Å². The van der Waals surface area contributed by atoms with Crippen molar-refractivity contribution in [1.82, 2.24) is 0 Å². The number of anilines is 1. The second-order valence-electron chi connectivity index (χ2n) is 5.96. The molecule has 1 amide bonds. The second-order valence-corrected chi connectivity index (χ2v) is 7.74. The topological polar surface area (TPSA) is 50.7 Å². The molecule has 2 heterocycles. The Balaban J connectivity index is 1.78. The van der Waals surface area contributed by atoms with Gasteiger partial charge in [0.25, 0.3) is 5.91 Å². The Labute approximate surface area is 133 Å². The summed E-state index contributed by atoms with van der Waals surface area (Å²) in [5.74, 6) is -0.0709. The summed E-state index contributed by atoms with van der Waals surface area (Å²) >= 11 is 7.63. The molecule has 6 heteroatoms. The molecule has 0 radical (unpaired) electrons. The van der Waals surface area contributed by atoms with E-state index in [2.05, 4.69) is 10.3 Å². The molecule has 1 saturated heterocycles. The molecule has 1 atom stereocenters. The van der Waals surface area contributed by atoms with Crippen LogP contribution in [0.25, 0.3) is 0 Å². The molecule has 1 N–H and O–H groups in total. The standard InChI is InChI=1S/C15H17ClN2O2S/c1-14(2)9-15(7-8-20-14)12(19)18-13(21-15)17-11-6-4-3-5-10(11)16/h3-6H,7-9H2,1-2H3,(H,17,18,19). The lowest BCUT2D eigenvalue weighted by molar-refractivity contribution is -0.128. The quantitative estimate of drug-likeness (QED) is 0.855. The zero-order valence-corrected chi connectivity index (χ0v) is 13.6. The van der Waals surface area contributed by atoms with Gasteiger partial charge in [0, 0.05) is 13.0 Å². The van der Waals surface area contributed by atoms with Crippen molar-refractivity contribution in [2.24, 2.45) is 4.99 Å². The first kappa shape index (κ1) is 14.9. The van der Waals surface area contributed by atoms with Crippen molar-refractivity contribution >= 4 is 40.1 Å². The number of aliphatic imine (C=N–C) groups is 1. The summed E-state index contributed by atoms with van der Waals surface area (Å²) in [7, 11) is 0. The second kappa shape index (κ2) is 5.30. The van der Waals surface area contributed by atoms with Crippen molar-refractivity contribution in [1.29, 1.82) is 0 Å². The molecule has 0 saturated carbocycles. The molecule has 112 valence electrons. The van der Waals surface area contributed by atoms with Crippen LogP contribution in [0.3, 0.4) is 0 Å². The molecule has 2 aliphatic heterocycles. The van der Waals surface area contributed by atoms with E-state index in [4.69, 9.17) is 16.3 Å². The lowest BCUT2D eigenvalue weighted by Crippen LogP contribution is -2.46. The van der Waals surface area contributed by atoms with Crippen molar-refractivity contribution in [3.63, 3.8) is 0 Å². The maximum atomic E-state index is 12.4. The van der Waals surface area contributed by atoms with E-state index in [-0.39, 0.29) is 11.5 Å². The van der Waals surface area contributed by atoms with Crippen molar-refractivity contribution in [3.8, 4) is 0 Å². The Hall–Kier alpha value is -1.04. The SMILES string of the molecule is CC1(C)CC2(CCO1)SC(Nc1ccccc1Cl)=NC2=O. The van der Waals surface area contributed by atoms with Crippen molar-refractivity contribution < 1.29 is 9.53 Å². The maximum Gasteiger partial charge on any atom is 0.264 e. The highest BCUT2D eigenvalue weighted by molar-refractivity contribution is 8.16. The third-order valence-corrected chi connectivity index (χ3v) is 5.34. The normalized spacial score (nSPS) is 27.8. The number of carbonyl (C=O) groups excluding carboxylic acids is 1. The third-order valence-electron chi connectivity index (χ3n) is 3.71. The number of ether oxygens (including phenoxy) is 1. The zero-order chi connectivity index (χ0) is 15.1. The van der Waals surface area contributed by atoms with Crippen LogP contribution in [0, 0.1) is 0 Å². The third kappa shape index (κ3) is 2.96. The highest BCUT2D eigenvalue weighted by atomic mass is 35.5. The molecule has 3 rings (SSSR count). The summed E-state index contributed by atoms with van der Waals surface area (Å²) in [6.45, 7) is 4.61. The fraction of sp³-hybridized carbons (Fsp3) is 0.467. The number of nitrogens with one attached hydrogen (secondary N) is 1. The highest BCUT2D eigenvalue weighted by Crippen LogP contribution is 2.46. The number of para-hydroxylation sites is 1. The number of rotatable bonds is 1. The molecule has 1 aromatic carbocycles. The van der Waals surface area contributed by atoms with Gasteiger partial charge in [-0.05, 0) is 32.4 Å². The van der Waals surface area contributed by atoms with Gasteiger partial charge in [-0.25, -0.2) is 0 Å². The van der Waals surface area contributed by atoms with Crippen molar-refractivity contribution in [2.45, 2.75) is 37.0 Å². The first-order valence-electron chi connectivity index (χ1n) is 6.88. The first-order chi connectivity index (χ1) is 9.90. The van der Waals surface area contributed by atoms with E-state index in [0.717, 1.165) is 5.69 Å². The monoisotopic (exact) mass is 324 g/mol. The van der Waals surface area contributed by atoms with Crippen molar-refractivity contribution in [3.05, 3.63) is 29.3 Å². The summed E-state index contributed by atoms with van der Waals surface area (Å²) in [5.41, 5.74) is 0.470. The molecular formula is C15H17ClN2O2S. The summed E-state index contributed by atoms with van der Waals surface area (Å²) in [6, 6.07) is 7.43. The number of halogens is 1. The van der Waals surface area contributed by atoms with E-state index in [1.807, 2.05) is 32.0 Å². The smallest absolute Gasteiger partial charge is 0.264 e.